The Labute approximate surface area is 291 Å². The van der Waals surface area contributed by atoms with Crippen LogP contribution in [0.1, 0.15) is 77.1 Å². The molecule has 6 rings (SSSR count). The minimum atomic E-state index is -1.31. The van der Waals surface area contributed by atoms with Crippen LogP contribution in [0.15, 0.2) is 60.9 Å². The van der Waals surface area contributed by atoms with Gasteiger partial charge in [-0.3, -0.25) is 9.59 Å². The van der Waals surface area contributed by atoms with E-state index in [1.165, 1.54) is 0 Å². The number of nitrogens with one attached hydrogen (secondary N) is 3. The van der Waals surface area contributed by atoms with Gasteiger partial charge in [0, 0.05) is 13.1 Å². The predicted octanol–water partition coefficient (Wildman–Crippen LogP) is 4.85. The fraction of sp³-hybridized carbons (Fsp3) is 0.432. The van der Waals surface area contributed by atoms with Crippen LogP contribution in [0.25, 0.3) is 33.6 Å². The van der Waals surface area contributed by atoms with Gasteiger partial charge in [-0.2, -0.15) is 0 Å². The van der Waals surface area contributed by atoms with Crippen LogP contribution in [0.3, 0.4) is 0 Å². The molecule has 2 aromatic carbocycles. The lowest BCUT2D eigenvalue weighted by molar-refractivity contribution is -0.139. The molecule has 264 valence electrons. The molecule has 0 spiro atoms. The number of rotatable bonds is 10. The van der Waals surface area contributed by atoms with Crippen LogP contribution in [0.4, 0.5) is 4.79 Å². The Hall–Kier alpha value is -5.01. The van der Waals surface area contributed by atoms with E-state index in [0.717, 1.165) is 59.3 Å². The molecular formula is C37H46N8O5. The van der Waals surface area contributed by atoms with Crippen molar-refractivity contribution in [2.24, 2.45) is 11.7 Å². The predicted molar refractivity (Wildman–Crippen MR) is 188 cm³/mol. The molecule has 0 saturated carbocycles. The van der Waals surface area contributed by atoms with E-state index >= 15 is 0 Å². The quantitative estimate of drug-likeness (QED) is 0.137. The summed E-state index contributed by atoms with van der Waals surface area (Å²) >= 11 is 0. The summed E-state index contributed by atoms with van der Waals surface area (Å²) in [6, 6.07) is 14.1. The zero-order valence-corrected chi connectivity index (χ0v) is 28.9. The Kier molecular flexibility index (Phi) is 9.81. The van der Waals surface area contributed by atoms with Gasteiger partial charge in [0.15, 0.2) is 0 Å². The largest absolute Gasteiger partial charge is 0.465 e. The molecule has 4 atom stereocenters. The Bertz CT molecular complexity index is 1830. The molecule has 13 heteroatoms. The number of nitrogens with two attached hydrogens (primary N) is 1. The van der Waals surface area contributed by atoms with Crippen molar-refractivity contribution in [2.45, 2.75) is 83.1 Å². The maximum absolute atomic E-state index is 13.3. The third-order valence-electron chi connectivity index (χ3n) is 9.86. The zero-order valence-electron chi connectivity index (χ0n) is 28.9. The van der Waals surface area contributed by atoms with Gasteiger partial charge in [-0.05, 0) is 67.7 Å². The normalized spacial score (nSPS) is 19.2. The van der Waals surface area contributed by atoms with E-state index in [1.54, 1.807) is 36.0 Å². The SMILES string of the molecule is CC(C)[C@H](NC(=O)O)C(=O)N1CCC[C@H]1c1ncc(-c2ccc(-c3ccc(-c4cnc([C@@H]5CCCN5C(=O)[C@@H](N)C(C)(C)O)[nH]4)cc3)cc2)[nH]1. The first-order valence-corrected chi connectivity index (χ1v) is 17.2. The highest BCUT2D eigenvalue weighted by molar-refractivity contribution is 5.86. The van der Waals surface area contributed by atoms with Crippen molar-refractivity contribution in [3.8, 4) is 33.6 Å². The number of carbonyl (C=O) groups is 3. The van der Waals surface area contributed by atoms with Gasteiger partial charge in [0.1, 0.15) is 23.7 Å². The van der Waals surface area contributed by atoms with E-state index < -0.39 is 23.8 Å². The van der Waals surface area contributed by atoms with Crippen LogP contribution in [-0.4, -0.2) is 88.6 Å². The number of aromatic nitrogens is 4. The number of aromatic amines is 2. The third kappa shape index (κ3) is 7.15. The molecule has 2 aliphatic rings. The zero-order chi connectivity index (χ0) is 35.7. The fourth-order valence-corrected chi connectivity index (χ4v) is 6.93. The number of aliphatic hydroxyl groups is 1. The molecule has 0 radical (unpaired) electrons. The van der Waals surface area contributed by atoms with E-state index in [-0.39, 0.29) is 29.8 Å². The molecule has 4 aromatic rings. The smallest absolute Gasteiger partial charge is 0.405 e. The molecule has 0 aliphatic carbocycles. The van der Waals surface area contributed by atoms with Crippen molar-refractivity contribution in [2.75, 3.05) is 13.1 Å². The Morgan fingerprint density at radius 2 is 1.22 bits per heavy atom. The summed E-state index contributed by atoms with van der Waals surface area (Å²) < 4.78 is 0. The summed E-state index contributed by atoms with van der Waals surface area (Å²) in [5.74, 6) is 0.707. The number of benzene rings is 2. The van der Waals surface area contributed by atoms with Crippen LogP contribution >= 0.6 is 0 Å². The highest BCUT2D eigenvalue weighted by Gasteiger charge is 2.40. The Balaban J connectivity index is 1.11. The van der Waals surface area contributed by atoms with E-state index in [4.69, 9.17) is 5.73 Å². The minimum absolute atomic E-state index is 0.183. The number of carboxylic acid groups (broad SMARTS) is 1. The van der Waals surface area contributed by atoms with Crippen LogP contribution in [0, 0.1) is 5.92 Å². The van der Waals surface area contributed by atoms with Crippen LogP contribution in [-0.2, 0) is 9.59 Å². The van der Waals surface area contributed by atoms with Crippen LogP contribution in [0.2, 0.25) is 0 Å². The first-order valence-electron chi connectivity index (χ1n) is 17.2. The second kappa shape index (κ2) is 14.1. The molecule has 13 nitrogen and oxygen atoms in total. The Morgan fingerprint density at radius 3 is 1.62 bits per heavy atom. The number of hydrogen-bond acceptors (Lipinski definition) is 7. The van der Waals surface area contributed by atoms with Gasteiger partial charge < -0.3 is 41.0 Å². The molecule has 3 amide bonds. The minimum Gasteiger partial charge on any atom is -0.465 e. The molecule has 0 bridgehead atoms. The lowest BCUT2D eigenvalue weighted by Crippen LogP contribution is -2.54. The first-order chi connectivity index (χ1) is 23.8. The second-order valence-corrected chi connectivity index (χ2v) is 14.2. The summed E-state index contributed by atoms with van der Waals surface area (Å²) in [6.07, 6.45) is 5.53. The van der Waals surface area contributed by atoms with Crippen LogP contribution in [0.5, 0.6) is 0 Å². The topological polar surface area (TPSA) is 194 Å². The van der Waals surface area contributed by atoms with Gasteiger partial charge in [-0.1, -0.05) is 62.4 Å². The lowest BCUT2D eigenvalue weighted by atomic mass is 9.98. The molecule has 2 aliphatic heterocycles. The van der Waals surface area contributed by atoms with Crippen molar-refractivity contribution < 1.29 is 24.6 Å². The van der Waals surface area contributed by atoms with Gasteiger partial charge in [0.25, 0.3) is 0 Å². The van der Waals surface area contributed by atoms with Crippen molar-refractivity contribution in [3.63, 3.8) is 0 Å². The summed E-state index contributed by atoms with van der Waals surface area (Å²) in [5.41, 5.74) is 10.5. The van der Waals surface area contributed by atoms with E-state index in [2.05, 4.69) is 49.5 Å². The number of hydrogen-bond donors (Lipinski definition) is 6. The molecule has 4 heterocycles. The first kappa shape index (κ1) is 34.8. The van der Waals surface area contributed by atoms with Gasteiger partial charge in [-0.25, -0.2) is 14.8 Å². The number of H-pyrrole nitrogens is 2. The highest BCUT2D eigenvalue weighted by Crippen LogP contribution is 2.35. The van der Waals surface area contributed by atoms with E-state index in [0.29, 0.717) is 24.7 Å². The molecule has 2 aromatic heterocycles. The molecule has 0 unspecified atom stereocenters. The molecule has 7 N–H and O–H groups in total. The number of nitrogens with zero attached hydrogens (tertiary/aromatic N) is 4. The molecule has 2 fully saturated rings. The van der Waals surface area contributed by atoms with E-state index in [1.807, 2.05) is 38.1 Å². The van der Waals surface area contributed by atoms with Crippen molar-refractivity contribution in [1.82, 2.24) is 35.1 Å². The fourth-order valence-electron chi connectivity index (χ4n) is 6.93. The van der Waals surface area contributed by atoms with Gasteiger partial charge in [0.05, 0.1) is 41.5 Å². The van der Waals surface area contributed by atoms with Crippen molar-refractivity contribution in [3.05, 3.63) is 72.6 Å². The summed E-state index contributed by atoms with van der Waals surface area (Å²) in [5, 5.41) is 21.9. The van der Waals surface area contributed by atoms with Crippen molar-refractivity contribution >= 4 is 17.9 Å². The third-order valence-corrected chi connectivity index (χ3v) is 9.86. The molecular weight excluding hydrogens is 636 g/mol. The number of imidazole rings is 2. The monoisotopic (exact) mass is 682 g/mol. The summed E-state index contributed by atoms with van der Waals surface area (Å²) in [7, 11) is 0. The summed E-state index contributed by atoms with van der Waals surface area (Å²) in [6.45, 7) is 7.88. The van der Waals surface area contributed by atoms with Gasteiger partial charge >= 0.3 is 6.09 Å². The maximum Gasteiger partial charge on any atom is 0.405 e. The number of amides is 3. The maximum atomic E-state index is 13.3. The average molecular weight is 683 g/mol. The Morgan fingerprint density at radius 1 is 0.800 bits per heavy atom. The standard InChI is InChI=1S/C37H46N8O5/c1-21(2)30(43-36(48)49)34(46)44-17-5-7-28(44)32-39-19-26(41-32)24-13-9-22(10-14-24)23-11-15-25(16-12-23)27-20-40-33(42-27)29-8-6-18-45(29)35(47)31(38)37(3,4)50/h9-16,19-21,28-31,43,50H,5-8,17-18,38H2,1-4H3,(H,39,41)(H,40,42)(H,48,49)/t28-,29-,30-,31+/m0/s1. The van der Waals surface area contributed by atoms with Crippen LogP contribution < -0.4 is 11.1 Å². The van der Waals surface area contributed by atoms with E-state index in [9.17, 15) is 24.6 Å². The van der Waals surface area contributed by atoms with Crippen molar-refractivity contribution in [1.29, 1.82) is 0 Å². The van der Waals surface area contributed by atoms with Gasteiger partial charge in [-0.15, -0.1) is 0 Å². The average Bonchev–Trinajstić information content (AvgIpc) is 3.92. The highest BCUT2D eigenvalue weighted by atomic mass is 16.4. The molecule has 2 saturated heterocycles. The summed E-state index contributed by atoms with van der Waals surface area (Å²) in [4.78, 5) is 57.2. The van der Waals surface area contributed by atoms with Gasteiger partial charge in [0.2, 0.25) is 11.8 Å². The lowest BCUT2D eigenvalue weighted by Gasteiger charge is -2.31. The number of carbonyl (C=O) groups excluding carboxylic acids is 2. The number of likely N-dealkylation sites (tertiary alicyclic amines) is 2. The molecule has 50 heavy (non-hydrogen) atoms. The second-order valence-electron chi connectivity index (χ2n) is 14.2.